The number of carbonyl (C=O) groups excluding carboxylic acids is 2. The zero-order chi connectivity index (χ0) is 23.4. The fourth-order valence-electron chi connectivity index (χ4n) is 3.63. The topological polar surface area (TPSA) is 116 Å². The van der Waals surface area contributed by atoms with Crippen molar-refractivity contribution >= 4 is 34.9 Å². The van der Waals surface area contributed by atoms with Gasteiger partial charge in [0.25, 0.3) is 5.91 Å². The van der Waals surface area contributed by atoms with Crippen LogP contribution in [0.4, 0.5) is 5.82 Å². The second kappa shape index (κ2) is 9.93. The number of amides is 1. The van der Waals surface area contributed by atoms with E-state index < -0.39 is 5.91 Å². The Morgan fingerprint density at radius 2 is 1.79 bits per heavy atom. The van der Waals surface area contributed by atoms with E-state index in [2.05, 4.69) is 20.7 Å². The molecule has 0 bridgehead atoms. The summed E-state index contributed by atoms with van der Waals surface area (Å²) in [5.41, 5.74) is 2.09. The lowest BCUT2D eigenvalue weighted by atomic mass is 10.0. The number of pyridine rings is 1. The molecular formula is C23H24ClN7O2. The number of ketones is 1. The molecule has 2 aromatic heterocycles. The summed E-state index contributed by atoms with van der Waals surface area (Å²) in [6, 6.07) is 10.3. The smallest absolute Gasteiger partial charge is 0.260 e. The number of amidine groups is 1. The Hall–Kier alpha value is -3.56. The third kappa shape index (κ3) is 5.27. The van der Waals surface area contributed by atoms with E-state index in [1.54, 1.807) is 43.4 Å². The van der Waals surface area contributed by atoms with Crippen molar-refractivity contribution in [2.75, 3.05) is 31.5 Å². The summed E-state index contributed by atoms with van der Waals surface area (Å²) in [5, 5.41) is 19.0. The van der Waals surface area contributed by atoms with Gasteiger partial charge in [-0.25, -0.2) is 4.98 Å². The molecule has 9 nitrogen and oxygen atoms in total. The van der Waals surface area contributed by atoms with Gasteiger partial charge in [-0.15, -0.1) is 0 Å². The molecule has 1 aliphatic heterocycles. The van der Waals surface area contributed by atoms with Gasteiger partial charge in [0, 0.05) is 50.6 Å². The summed E-state index contributed by atoms with van der Waals surface area (Å²) in [4.78, 5) is 31.8. The lowest BCUT2D eigenvalue weighted by molar-refractivity contribution is 0.0990. The van der Waals surface area contributed by atoms with E-state index in [1.807, 2.05) is 4.90 Å². The van der Waals surface area contributed by atoms with Gasteiger partial charge in [0.15, 0.2) is 5.78 Å². The van der Waals surface area contributed by atoms with Gasteiger partial charge in [-0.2, -0.15) is 5.10 Å². The third-order valence-electron chi connectivity index (χ3n) is 5.52. The highest BCUT2D eigenvalue weighted by Crippen LogP contribution is 2.16. The summed E-state index contributed by atoms with van der Waals surface area (Å²) in [7, 11) is 1.69. The Morgan fingerprint density at radius 1 is 1.09 bits per heavy atom. The van der Waals surface area contributed by atoms with Crippen molar-refractivity contribution < 1.29 is 9.59 Å². The number of aromatic nitrogens is 3. The number of rotatable bonds is 6. The van der Waals surface area contributed by atoms with Gasteiger partial charge in [0.1, 0.15) is 11.7 Å². The number of hydrogen-bond donors (Lipinski definition) is 3. The molecule has 0 atom stereocenters. The molecule has 0 radical (unpaired) electrons. The van der Waals surface area contributed by atoms with Crippen LogP contribution in [0.1, 0.15) is 32.0 Å². The number of piperazine rings is 1. The van der Waals surface area contributed by atoms with Crippen LogP contribution in [0.2, 0.25) is 5.02 Å². The van der Waals surface area contributed by atoms with Crippen molar-refractivity contribution in [2.45, 2.75) is 6.42 Å². The van der Waals surface area contributed by atoms with Crippen LogP contribution in [0.25, 0.3) is 0 Å². The van der Waals surface area contributed by atoms with Crippen LogP contribution in [0.5, 0.6) is 0 Å². The van der Waals surface area contributed by atoms with E-state index in [1.165, 1.54) is 17.1 Å². The molecule has 3 aromatic rings. The zero-order valence-corrected chi connectivity index (χ0v) is 18.9. The van der Waals surface area contributed by atoms with Crippen molar-refractivity contribution in [3.63, 3.8) is 0 Å². The molecule has 3 N–H and O–H groups in total. The minimum atomic E-state index is -0.402. The Morgan fingerprint density at radius 3 is 2.45 bits per heavy atom. The first-order valence-corrected chi connectivity index (χ1v) is 10.9. The predicted molar refractivity (Wildman–Crippen MR) is 126 cm³/mol. The quantitative estimate of drug-likeness (QED) is 0.292. The molecular weight excluding hydrogens is 442 g/mol. The number of anilines is 1. The molecule has 1 aromatic carbocycles. The summed E-state index contributed by atoms with van der Waals surface area (Å²) in [6.45, 7) is 3.29. The number of hydrogen-bond acceptors (Lipinski definition) is 6. The number of nitrogens with zero attached hydrogens (tertiary/aromatic N) is 4. The highest BCUT2D eigenvalue weighted by atomic mass is 35.5. The summed E-state index contributed by atoms with van der Waals surface area (Å²) in [5.74, 6) is 0.267. The van der Waals surface area contributed by atoms with E-state index in [0.717, 1.165) is 31.7 Å². The SMILES string of the molecule is Cn1ncc(C(=O)Nc2ccc(Cl)cn2)c1CC(=O)c1ccc(C(=N)N2CCNCC2)cc1. The van der Waals surface area contributed by atoms with Gasteiger partial charge < -0.3 is 15.5 Å². The summed E-state index contributed by atoms with van der Waals surface area (Å²) >= 11 is 5.83. The second-order valence-electron chi connectivity index (χ2n) is 7.71. The predicted octanol–water partition coefficient (Wildman–Crippen LogP) is 2.38. The first-order valence-electron chi connectivity index (χ1n) is 10.5. The molecule has 0 spiro atoms. The molecule has 1 amide bonds. The second-order valence-corrected chi connectivity index (χ2v) is 8.14. The molecule has 4 rings (SSSR count). The van der Waals surface area contributed by atoms with Gasteiger partial charge in [-0.05, 0) is 12.1 Å². The van der Waals surface area contributed by atoms with E-state index >= 15 is 0 Å². The Bertz CT molecular complexity index is 1170. The summed E-state index contributed by atoms with van der Waals surface area (Å²) < 4.78 is 1.52. The van der Waals surface area contributed by atoms with Crippen molar-refractivity contribution in [1.82, 2.24) is 25.0 Å². The van der Waals surface area contributed by atoms with Crippen molar-refractivity contribution in [3.8, 4) is 0 Å². The lowest BCUT2D eigenvalue weighted by Gasteiger charge is -2.29. The third-order valence-corrected chi connectivity index (χ3v) is 5.74. The molecule has 0 unspecified atom stereocenters. The van der Waals surface area contributed by atoms with E-state index in [9.17, 15) is 9.59 Å². The van der Waals surface area contributed by atoms with E-state index in [0.29, 0.717) is 33.5 Å². The molecule has 0 saturated carbocycles. The highest BCUT2D eigenvalue weighted by Gasteiger charge is 2.20. The average Bonchev–Trinajstić information content (AvgIpc) is 3.20. The molecule has 10 heteroatoms. The standard InChI is InChI=1S/C23H24ClN7O2/c1-30-19(18(14-28-30)23(33)29-21-7-6-17(24)13-27-21)12-20(32)15-2-4-16(5-3-15)22(25)31-10-8-26-9-11-31/h2-7,13-14,25-26H,8-12H2,1H3,(H,27,29,33). The Labute approximate surface area is 196 Å². The fraction of sp³-hybridized carbons (Fsp3) is 0.261. The maximum Gasteiger partial charge on any atom is 0.260 e. The first kappa shape index (κ1) is 22.6. The van der Waals surface area contributed by atoms with Gasteiger partial charge >= 0.3 is 0 Å². The molecule has 1 saturated heterocycles. The minimum Gasteiger partial charge on any atom is -0.354 e. The molecule has 1 aliphatic rings. The maximum absolute atomic E-state index is 12.9. The first-order chi connectivity index (χ1) is 15.9. The highest BCUT2D eigenvalue weighted by molar-refractivity contribution is 6.30. The number of halogens is 1. The van der Waals surface area contributed by atoms with Crippen LogP contribution in [0.3, 0.4) is 0 Å². The normalized spacial score (nSPS) is 13.6. The number of benzene rings is 1. The largest absolute Gasteiger partial charge is 0.354 e. The Kier molecular flexibility index (Phi) is 6.81. The van der Waals surface area contributed by atoms with Gasteiger partial charge in [-0.3, -0.25) is 19.7 Å². The van der Waals surface area contributed by atoms with Crippen LogP contribution in [0, 0.1) is 5.41 Å². The number of carbonyl (C=O) groups is 2. The fourth-order valence-corrected chi connectivity index (χ4v) is 3.75. The molecule has 1 fully saturated rings. The van der Waals surface area contributed by atoms with E-state index in [-0.39, 0.29) is 12.2 Å². The van der Waals surface area contributed by atoms with Gasteiger partial charge in [0.2, 0.25) is 0 Å². The van der Waals surface area contributed by atoms with Crippen LogP contribution in [-0.4, -0.2) is 63.4 Å². The number of aryl methyl sites for hydroxylation is 1. The van der Waals surface area contributed by atoms with Crippen LogP contribution in [0.15, 0.2) is 48.8 Å². The number of nitrogens with one attached hydrogen (secondary N) is 3. The molecule has 170 valence electrons. The van der Waals surface area contributed by atoms with Crippen LogP contribution >= 0.6 is 11.6 Å². The zero-order valence-electron chi connectivity index (χ0n) is 18.1. The van der Waals surface area contributed by atoms with Crippen LogP contribution < -0.4 is 10.6 Å². The molecule has 33 heavy (non-hydrogen) atoms. The van der Waals surface area contributed by atoms with E-state index in [4.69, 9.17) is 17.0 Å². The average molecular weight is 466 g/mol. The van der Waals surface area contributed by atoms with Crippen molar-refractivity contribution in [2.24, 2.45) is 7.05 Å². The number of Topliss-reactive ketones (excluding diaryl/α,β-unsaturated/α-hetero) is 1. The Balaban J connectivity index is 1.45. The van der Waals surface area contributed by atoms with Crippen LogP contribution in [-0.2, 0) is 13.5 Å². The minimum absolute atomic E-state index is 0.0158. The van der Waals surface area contributed by atoms with Gasteiger partial charge in [0.05, 0.1) is 28.9 Å². The monoisotopic (exact) mass is 465 g/mol. The van der Waals surface area contributed by atoms with Crippen molar-refractivity contribution in [3.05, 3.63) is 76.2 Å². The molecule has 0 aliphatic carbocycles. The lowest BCUT2D eigenvalue weighted by Crippen LogP contribution is -2.46. The van der Waals surface area contributed by atoms with Gasteiger partial charge in [-0.1, -0.05) is 35.9 Å². The van der Waals surface area contributed by atoms with Crippen molar-refractivity contribution in [1.29, 1.82) is 5.41 Å². The maximum atomic E-state index is 12.9. The summed E-state index contributed by atoms with van der Waals surface area (Å²) in [6.07, 6.45) is 2.89. The molecule has 3 heterocycles.